The second-order valence-corrected chi connectivity index (χ2v) is 8.88. The van der Waals surface area contributed by atoms with E-state index in [2.05, 4.69) is 5.32 Å². The summed E-state index contributed by atoms with van der Waals surface area (Å²) in [7, 11) is 0. The smallest absolute Gasteiger partial charge is 0.336 e. The summed E-state index contributed by atoms with van der Waals surface area (Å²) in [5, 5.41) is 2.90. The molecule has 0 bridgehead atoms. The van der Waals surface area contributed by atoms with Gasteiger partial charge < -0.3 is 15.0 Å². The molecule has 2 amide bonds. The minimum Gasteiger partial charge on any atom is -0.463 e. The number of benzene rings is 3. The van der Waals surface area contributed by atoms with E-state index < -0.39 is 17.7 Å². The van der Waals surface area contributed by atoms with Crippen molar-refractivity contribution in [3.05, 3.63) is 118 Å². The quantitative estimate of drug-likeness (QED) is 0.436. The normalized spacial score (nSPS) is 15.5. The summed E-state index contributed by atoms with van der Waals surface area (Å²) in [5.74, 6) is -1.90. The van der Waals surface area contributed by atoms with Crippen molar-refractivity contribution >= 4 is 17.8 Å². The second kappa shape index (κ2) is 11.6. The summed E-state index contributed by atoms with van der Waals surface area (Å²) in [6, 6.07) is 22.6. The number of nitrogens with one attached hydrogen (secondary N) is 1. The highest BCUT2D eigenvalue weighted by Crippen LogP contribution is 2.38. The average molecular weight is 501 g/mol. The molecule has 0 aromatic heterocycles. The fourth-order valence-electron chi connectivity index (χ4n) is 4.51. The van der Waals surface area contributed by atoms with E-state index in [0.717, 1.165) is 11.1 Å². The van der Waals surface area contributed by atoms with Gasteiger partial charge in [-0.15, -0.1) is 0 Å². The lowest BCUT2D eigenvalue weighted by Gasteiger charge is -2.34. The molecule has 0 aliphatic carbocycles. The topological polar surface area (TPSA) is 75.7 Å². The van der Waals surface area contributed by atoms with Crippen LogP contribution in [0.3, 0.4) is 0 Å². The van der Waals surface area contributed by atoms with Crippen LogP contribution in [0.15, 0.2) is 90.1 Å². The lowest BCUT2D eigenvalue weighted by atomic mass is 9.83. The minimum absolute atomic E-state index is 0.0227. The van der Waals surface area contributed by atoms with Crippen LogP contribution in [0.25, 0.3) is 0 Å². The van der Waals surface area contributed by atoms with Crippen LogP contribution in [0.4, 0.5) is 4.39 Å². The Labute approximate surface area is 215 Å². The molecule has 1 N–H and O–H groups in total. The monoisotopic (exact) mass is 500 g/mol. The fraction of sp³-hybridized carbons (Fsp3) is 0.233. The average Bonchev–Trinajstić information content (AvgIpc) is 2.90. The zero-order valence-corrected chi connectivity index (χ0v) is 20.9. The highest BCUT2D eigenvalue weighted by molar-refractivity contribution is 5.96. The molecule has 37 heavy (non-hydrogen) atoms. The van der Waals surface area contributed by atoms with Gasteiger partial charge in [0.1, 0.15) is 5.82 Å². The van der Waals surface area contributed by atoms with Gasteiger partial charge in [-0.25, -0.2) is 9.18 Å². The Kier molecular flexibility index (Phi) is 8.13. The number of esters is 1. The Morgan fingerprint density at radius 2 is 1.73 bits per heavy atom. The highest BCUT2D eigenvalue weighted by Gasteiger charge is 2.37. The van der Waals surface area contributed by atoms with Crippen molar-refractivity contribution in [3.63, 3.8) is 0 Å². The predicted octanol–water partition coefficient (Wildman–Crippen LogP) is 5.11. The summed E-state index contributed by atoms with van der Waals surface area (Å²) in [5.41, 5.74) is 3.71. The minimum atomic E-state index is -0.589. The fourth-order valence-corrected chi connectivity index (χ4v) is 4.51. The van der Waals surface area contributed by atoms with Crippen molar-refractivity contribution in [2.75, 3.05) is 6.61 Å². The van der Waals surface area contributed by atoms with Crippen LogP contribution < -0.4 is 5.32 Å². The third-order valence-corrected chi connectivity index (χ3v) is 6.42. The third-order valence-electron chi connectivity index (χ3n) is 6.42. The van der Waals surface area contributed by atoms with Gasteiger partial charge in [0.15, 0.2) is 0 Å². The maximum absolute atomic E-state index is 13.9. The molecule has 3 aromatic rings. The SMILES string of the molecule is CCOC(=O)C1=C(C)N(Cc2ccc(C(=O)NCc3ccccc3)cc2)C(=O)CC1c1cccc(F)c1. The van der Waals surface area contributed by atoms with Gasteiger partial charge in [0.2, 0.25) is 5.91 Å². The van der Waals surface area contributed by atoms with Crippen molar-refractivity contribution in [3.8, 4) is 0 Å². The van der Waals surface area contributed by atoms with Gasteiger partial charge in [0.05, 0.1) is 18.7 Å². The zero-order valence-electron chi connectivity index (χ0n) is 20.9. The van der Waals surface area contributed by atoms with Gasteiger partial charge in [-0.3, -0.25) is 9.59 Å². The Balaban J connectivity index is 1.53. The zero-order chi connectivity index (χ0) is 26.4. The number of halogens is 1. The summed E-state index contributed by atoms with van der Waals surface area (Å²) < 4.78 is 19.2. The van der Waals surface area contributed by atoms with Crippen molar-refractivity contribution in [2.45, 2.75) is 39.3 Å². The molecule has 1 atom stereocenters. The van der Waals surface area contributed by atoms with Gasteiger partial charge in [0.25, 0.3) is 5.91 Å². The molecule has 0 saturated heterocycles. The lowest BCUT2D eigenvalue weighted by molar-refractivity contribution is -0.140. The number of carbonyl (C=O) groups is 3. The molecule has 1 heterocycles. The molecule has 0 saturated carbocycles. The van der Waals surface area contributed by atoms with Gasteiger partial charge in [-0.2, -0.15) is 0 Å². The molecule has 0 radical (unpaired) electrons. The Morgan fingerprint density at radius 1 is 1.00 bits per heavy atom. The molecule has 190 valence electrons. The summed E-state index contributed by atoms with van der Waals surface area (Å²) in [6.07, 6.45) is 0.0227. The van der Waals surface area contributed by atoms with Crippen LogP contribution in [0.2, 0.25) is 0 Å². The first-order valence-electron chi connectivity index (χ1n) is 12.2. The molecule has 6 nitrogen and oxygen atoms in total. The van der Waals surface area contributed by atoms with E-state index >= 15 is 0 Å². The van der Waals surface area contributed by atoms with Gasteiger partial charge in [0, 0.05) is 30.1 Å². The maximum Gasteiger partial charge on any atom is 0.336 e. The Bertz CT molecular complexity index is 1320. The molecule has 0 spiro atoms. The molecule has 1 unspecified atom stereocenters. The molecular weight excluding hydrogens is 471 g/mol. The Morgan fingerprint density at radius 3 is 2.41 bits per heavy atom. The van der Waals surface area contributed by atoms with Crippen molar-refractivity contribution in [1.82, 2.24) is 10.2 Å². The first-order valence-corrected chi connectivity index (χ1v) is 12.2. The largest absolute Gasteiger partial charge is 0.463 e. The third kappa shape index (κ3) is 6.12. The number of allylic oxidation sites excluding steroid dienone is 1. The molecule has 1 aliphatic rings. The van der Waals surface area contributed by atoms with Gasteiger partial charge in [-0.1, -0.05) is 54.6 Å². The molecule has 0 fully saturated rings. The number of hydrogen-bond donors (Lipinski definition) is 1. The van der Waals surface area contributed by atoms with E-state index in [1.807, 2.05) is 30.3 Å². The van der Waals surface area contributed by atoms with Crippen LogP contribution in [0, 0.1) is 5.82 Å². The van der Waals surface area contributed by atoms with Crippen LogP contribution in [0.5, 0.6) is 0 Å². The standard InChI is InChI=1S/C30H29FN2O4/c1-3-37-30(36)28-20(2)33(27(34)17-26(28)24-10-7-11-25(31)16-24)19-22-12-14-23(15-13-22)29(35)32-18-21-8-5-4-6-9-21/h4-16,26H,3,17-19H2,1-2H3,(H,32,35). The van der Waals surface area contributed by atoms with Crippen LogP contribution in [-0.4, -0.2) is 29.3 Å². The van der Waals surface area contributed by atoms with E-state index in [0.29, 0.717) is 28.9 Å². The summed E-state index contributed by atoms with van der Waals surface area (Å²) in [4.78, 5) is 40.2. The lowest BCUT2D eigenvalue weighted by Crippen LogP contribution is -2.38. The Hall–Kier alpha value is -4.26. The number of carbonyl (C=O) groups excluding carboxylic acids is 3. The van der Waals surface area contributed by atoms with Crippen molar-refractivity contribution in [2.24, 2.45) is 0 Å². The molecule has 4 rings (SSSR count). The van der Waals surface area contributed by atoms with E-state index in [-0.39, 0.29) is 31.4 Å². The number of nitrogens with zero attached hydrogens (tertiary/aromatic N) is 1. The van der Waals surface area contributed by atoms with Crippen LogP contribution in [-0.2, 0) is 27.4 Å². The number of rotatable bonds is 8. The van der Waals surface area contributed by atoms with E-state index in [1.165, 1.54) is 12.1 Å². The molecule has 3 aromatic carbocycles. The number of ether oxygens (including phenoxy) is 1. The summed E-state index contributed by atoms with van der Waals surface area (Å²) >= 11 is 0. The molecule has 1 aliphatic heterocycles. The second-order valence-electron chi connectivity index (χ2n) is 8.88. The maximum atomic E-state index is 13.9. The van der Waals surface area contributed by atoms with E-state index in [1.54, 1.807) is 55.1 Å². The first kappa shape index (κ1) is 25.8. The van der Waals surface area contributed by atoms with Gasteiger partial charge in [-0.05, 0) is 54.8 Å². The first-order chi connectivity index (χ1) is 17.9. The van der Waals surface area contributed by atoms with Crippen molar-refractivity contribution < 1.29 is 23.5 Å². The van der Waals surface area contributed by atoms with Crippen molar-refractivity contribution in [1.29, 1.82) is 0 Å². The highest BCUT2D eigenvalue weighted by atomic mass is 19.1. The van der Waals surface area contributed by atoms with E-state index in [4.69, 9.17) is 4.74 Å². The van der Waals surface area contributed by atoms with Gasteiger partial charge >= 0.3 is 5.97 Å². The summed E-state index contributed by atoms with van der Waals surface area (Å²) in [6.45, 7) is 4.27. The molecule has 7 heteroatoms. The van der Waals surface area contributed by atoms with Crippen LogP contribution in [0.1, 0.15) is 53.2 Å². The predicted molar refractivity (Wildman–Crippen MR) is 138 cm³/mol. The number of hydrogen-bond acceptors (Lipinski definition) is 4. The van der Waals surface area contributed by atoms with E-state index in [9.17, 15) is 18.8 Å². The number of amides is 2. The van der Waals surface area contributed by atoms with Crippen LogP contribution >= 0.6 is 0 Å². The molecular formula is C30H29FN2O4.